The van der Waals surface area contributed by atoms with Crippen molar-refractivity contribution in [2.24, 2.45) is 29.6 Å². The highest BCUT2D eigenvalue weighted by Crippen LogP contribution is 2.39. The maximum atomic E-state index is 14.4. The molecule has 3 N–H and O–H groups in total. The summed E-state index contributed by atoms with van der Waals surface area (Å²) in [5, 5.41) is 35.0. The molecule has 13 nitrogen and oxygen atoms in total. The van der Waals surface area contributed by atoms with Gasteiger partial charge in [-0.05, 0) is 115 Å². The number of hydrogen-bond acceptors (Lipinski definition) is 12. The lowest BCUT2D eigenvalue weighted by atomic mass is 9.81. The molecular formula is C49H73NO12. The third kappa shape index (κ3) is 11.8. The highest BCUT2D eigenvalue weighted by molar-refractivity contribution is 6.39. The van der Waals surface area contributed by atoms with Gasteiger partial charge in [-0.3, -0.25) is 14.4 Å². The van der Waals surface area contributed by atoms with E-state index in [-0.39, 0.29) is 49.5 Å². The van der Waals surface area contributed by atoms with Crippen LogP contribution in [0.2, 0.25) is 0 Å². The minimum absolute atomic E-state index is 0.0269. The van der Waals surface area contributed by atoms with Crippen LogP contribution in [0.25, 0.3) is 0 Å². The molecule has 5 rings (SSSR count). The van der Waals surface area contributed by atoms with Crippen molar-refractivity contribution in [2.45, 2.75) is 174 Å². The number of rotatable bonds is 7. The van der Waals surface area contributed by atoms with Gasteiger partial charge in [0.25, 0.3) is 11.7 Å². The molecule has 346 valence electrons. The number of cyclic esters (lactones) is 1. The molecule has 3 aliphatic heterocycles. The van der Waals surface area contributed by atoms with Gasteiger partial charge < -0.3 is 43.9 Å². The number of carbonyl (C=O) groups excluding carboxylic acids is 4. The zero-order chi connectivity index (χ0) is 45.5. The zero-order valence-electron chi connectivity index (χ0n) is 38.4. The third-order valence-electron chi connectivity index (χ3n) is 13.9. The molecule has 2 saturated heterocycles. The standard InChI is InChI=1S/C49H73NO12/c1-10-35-22-29(3)21-30(4)23-42(58-8)45-43(59-9)25-32(6)49(57,62-45)46(54)47(55)50-20-12-11-13-37(50)48(56)61-44(33(7)38(51)27-39(35)52)31(5)24-34-16-19-41(40(53)26-34)60-36-17-14-28(2)15-18-36/h14-15,17-18,22,24,30,32-35,37-38,40-45,51,53,57H,10-13,16,19-21,23,25-27H2,1-9H3/b29-22+,31-24+/t30-,32+,33+,34-,35+,37-,38-,40+,41+,42-,43-,44+,45+,49+/m0/s1. The van der Waals surface area contributed by atoms with Crippen LogP contribution in [0.4, 0.5) is 0 Å². The Hall–Kier alpha value is -3.46. The molecule has 0 radical (unpaired) electrons. The lowest BCUT2D eigenvalue weighted by Crippen LogP contribution is -2.64. The number of ketones is 2. The molecule has 4 aliphatic rings. The quantitative estimate of drug-likeness (QED) is 0.161. The first-order valence-electron chi connectivity index (χ1n) is 22.9. The van der Waals surface area contributed by atoms with Crippen molar-refractivity contribution in [2.75, 3.05) is 20.8 Å². The van der Waals surface area contributed by atoms with Crippen molar-refractivity contribution in [3.63, 3.8) is 0 Å². The predicted molar refractivity (Wildman–Crippen MR) is 233 cm³/mol. The molecule has 14 atom stereocenters. The van der Waals surface area contributed by atoms with Gasteiger partial charge in [-0.2, -0.15) is 0 Å². The van der Waals surface area contributed by atoms with Crippen LogP contribution in [0.3, 0.4) is 0 Å². The number of nitrogens with zero attached hydrogens (tertiary/aromatic N) is 1. The first kappa shape index (κ1) is 49.6. The molecule has 2 bridgehead atoms. The molecule has 1 saturated carbocycles. The van der Waals surface area contributed by atoms with Gasteiger partial charge in [-0.15, -0.1) is 0 Å². The summed E-state index contributed by atoms with van der Waals surface area (Å²) >= 11 is 0. The van der Waals surface area contributed by atoms with E-state index in [1.807, 2.05) is 64.1 Å². The van der Waals surface area contributed by atoms with Crippen molar-refractivity contribution < 1.29 is 58.2 Å². The van der Waals surface area contributed by atoms with Crippen LogP contribution in [0.15, 0.2) is 47.6 Å². The first-order valence-corrected chi connectivity index (χ1v) is 22.9. The van der Waals surface area contributed by atoms with E-state index in [9.17, 15) is 34.5 Å². The summed E-state index contributed by atoms with van der Waals surface area (Å²) in [6.45, 7) is 13.2. The Morgan fingerprint density at radius 3 is 2.21 bits per heavy atom. The molecule has 1 aliphatic carbocycles. The molecular weight excluding hydrogens is 795 g/mol. The number of fused-ring (bicyclic) bond motifs is 3. The van der Waals surface area contributed by atoms with E-state index in [0.29, 0.717) is 62.7 Å². The molecule has 1 aromatic carbocycles. The van der Waals surface area contributed by atoms with E-state index >= 15 is 0 Å². The molecule has 1 aromatic rings. The van der Waals surface area contributed by atoms with E-state index in [4.69, 9.17) is 23.7 Å². The Balaban J connectivity index is 1.48. The second-order valence-electron chi connectivity index (χ2n) is 18.9. The number of amides is 1. The maximum Gasteiger partial charge on any atom is 0.329 e. The van der Waals surface area contributed by atoms with E-state index in [0.717, 1.165) is 11.1 Å². The molecule has 62 heavy (non-hydrogen) atoms. The topological polar surface area (TPSA) is 178 Å². The largest absolute Gasteiger partial charge is 0.488 e. The maximum absolute atomic E-state index is 14.4. The Kier molecular flexibility index (Phi) is 17.5. The SMILES string of the molecule is CC[C@@H]1/C=C(\C)C[C@H](C)C[C@H](OC)[C@H]2O[C@@](O)(C(=O)C(=O)N3CCCC[C@H]3C(=O)O[C@H](/C(C)=C/[C@@H]3CC[C@@H](Oc4ccc(C)cc4)[C@H](O)C3)[C@H](C)[C@@H](O)CC1=O)[C@H](C)C[C@@H]2OC. The van der Waals surface area contributed by atoms with Crippen LogP contribution in [-0.2, 0) is 38.1 Å². The highest BCUT2D eigenvalue weighted by Gasteiger charge is 2.56. The molecule has 13 heteroatoms. The zero-order valence-corrected chi connectivity index (χ0v) is 38.4. The van der Waals surface area contributed by atoms with Crippen molar-refractivity contribution >= 4 is 23.4 Å². The van der Waals surface area contributed by atoms with Gasteiger partial charge in [-0.25, -0.2) is 4.79 Å². The summed E-state index contributed by atoms with van der Waals surface area (Å²) in [5.41, 5.74) is 2.73. The van der Waals surface area contributed by atoms with Gasteiger partial charge >= 0.3 is 5.97 Å². The number of esters is 1. The number of carbonyl (C=O) groups is 4. The van der Waals surface area contributed by atoms with Crippen molar-refractivity contribution in [1.82, 2.24) is 4.90 Å². The van der Waals surface area contributed by atoms with Crippen LogP contribution < -0.4 is 4.74 Å². The summed E-state index contributed by atoms with van der Waals surface area (Å²) < 4.78 is 30.5. The summed E-state index contributed by atoms with van der Waals surface area (Å²) in [5.74, 6) is -7.01. The minimum Gasteiger partial charge on any atom is -0.488 e. The Bertz CT molecular complexity index is 1760. The van der Waals surface area contributed by atoms with Crippen LogP contribution in [0.1, 0.15) is 118 Å². The first-order chi connectivity index (χ1) is 29.4. The highest BCUT2D eigenvalue weighted by atomic mass is 16.7. The second-order valence-corrected chi connectivity index (χ2v) is 18.9. The number of hydrogen-bond donors (Lipinski definition) is 3. The lowest BCUT2D eigenvalue weighted by Gasteiger charge is -2.47. The third-order valence-corrected chi connectivity index (χ3v) is 13.9. The smallest absolute Gasteiger partial charge is 0.329 e. The normalized spacial score (nSPS) is 38.6. The van der Waals surface area contributed by atoms with E-state index < -0.39 is 83.9 Å². The number of Topliss-reactive ketones (excluding diaryl/α,β-unsaturated/α-hetero) is 2. The average Bonchev–Trinajstić information content (AvgIpc) is 3.24. The number of methoxy groups -OCH3 is 2. The number of ether oxygens (including phenoxy) is 5. The van der Waals surface area contributed by atoms with Gasteiger partial charge in [0.15, 0.2) is 0 Å². The van der Waals surface area contributed by atoms with Gasteiger partial charge in [0.05, 0.1) is 24.4 Å². The molecule has 0 spiro atoms. The van der Waals surface area contributed by atoms with Gasteiger partial charge in [0, 0.05) is 44.9 Å². The second kappa shape index (κ2) is 22.0. The number of allylic oxidation sites excluding steroid dienone is 3. The number of aliphatic hydroxyl groups excluding tert-OH is 2. The minimum atomic E-state index is -2.51. The molecule has 1 amide bonds. The van der Waals surface area contributed by atoms with E-state index in [2.05, 4.69) is 6.92 Å². The number of aliphatic hydroxyl groups is 3. The monoisotopic (exact) mass is 868 g/mol. The van der Waals surface area contributed by atoms with E-state index in [1.165, 1.54) is 19.1 Å². The van der Waals surface area contributed by atoms with Gasteiger partial charge in [0.2, 0.25) is 5.79 Å². The fourth-order valence-corrected chi connectivity index (χ4v) is 10.1. The van der Waals surface area contributed by atoms with E-state index in [1.54, 1.807) is 13.8 Å². The summed E-state index contributed by atoms with van der Waals surface area (Å²) in [6.07, 6.45) is 3.23. The van der Waals surface area contributed by atoms with Crippen molar-refractivity contribution in [1.29, 1.82) is 0 Å². The molecule has 0 unspecified atom stereocenters. The number of benzene rings is 1. The molecule has 3 heterocycles. The Morgan fingerprint density at radius 1 is 0.887 bits per heavy atom. The Labute approximate surface area is 368 Å². The molecule has 3 fully saturated rings. The molecule has 0 aromatic heterocycles. The van der Waals surface area contributed by atoms with Crippen LogP contribution in [-0.4, -0.2) is 119 Å². The summed E-state index contributed by atoms with van der Waals surface area (Å²) in [4.78, 5) is 58.1. The lowest BCUT2D eigenvalue weighted by molar-refractivity contribution is -0.302. The van der Waals surface area contributed by atoms with Crippen molar-refractivity contribution in [3.8, 4) is 5.75 Å². The van der Waals surface area contributed by atoms with Crippen LogP contribution >= 0.6 is 0 Å². The van der Waals surface area contributed by atoms with Gasteiger partial charge in [0.1, 0.15) is 35.9 Å². The van der Waals surface area contributed by atoms with Crippen LogP contribution in [0.5, 0.6) is 5.75 Å². The fraction of sp³-hybridized carbons (Fsp3) is 0.714. The Morgan fingerprint density at radius 2 is 1.56 bits per heavy atom. The summed E-state index contributed by atoms with van der Waals surface area (Å²) in [7, 11) is 3.06. The number of aryl methyl sites for hydroxylation is 1. The van der Waals surface area contributed by atoms with Gasteiger partial charge in [-0.1, -0.05) is 63.1 Å². The van der Waals surface area contributed by atoms with Crippen LogP contribution in [0, 0.1) is 36.5 Å². The summed E-state index contributed by atoms with van der Waals surface area (Å²) in [6, 6.07) is 6.55. The fourth-order valence-electron chi connectivity index (χ4n) is 10.1. The predicted octanol–water partition coefficient (Wildman–Crippen LogP) is 6.21. The van der Waals surface area contributed by atoms with Crippen molar-refractivity contribution in [3.05, 3.63) is 53.1 Å². The average molecular weight is 868 g/mol. The number of piperidine rings is 1.